The molecule has 13 heavy (non-hydrogen) atoms. The first-order valence-corrected chi connectivity index (χ1v) is 4.47. The van der Waals surface area contributed by atoms with Gasteiger partial charge in [-0.05, 0) is 13.3 Å². The lowest BCUT2D eigenvalue weighted by atomic mass is 9.88. The van der Waals surface area contributed by atoms with Crippen LogP contribution in [0.4, 0.5) is 0 Å². The number of rotatable bonds is 6. The van der Waals surface area contributed by atoms with Crippen LogP contribution in [0.15, 0.2) is 0 Å². The quantitative estimate of drug-likeness (QED) is 0.489. The van der Waals surface area contributed by atoms with Gasteiger partial charge in [0.2, 0.25) is 0 Å². The fourth-order valence-corrected chi connectivity index (χ4v) is 0.764. The van der Waals surface area contributed by atoms with Crippen molar-refractivity contribution in [2.75, 3.05) is 26.9 Å². The molecule has 0 radical (unpaired) electrons. The minimum absolute atomic E-state index is 0.241. The van der Waals surface area contributed by atoms with E-state index in [1.165, 1.54) is 0 Å². The highest BCUT2D eigenvalue weighted by Gasteiger charge is 2.31. The molecule has 0 aromatic heterocycles. The molecule has 0 aromatic carbocycles. The molecule has 4 heteroatoms. The Morgan fingerprint density at radius 3 is 2.46 bits per heavy atom. The lowest BCUT2D eigenvalue weighted by Crippen LogP contribution is -2.37. The van der Waals surface area contributed by atoms with Gasteiger partial charge in [0, 0.05) is 13.7 Å². The van der Waals surface area contributed by atoms with Crippen LogP contribution < -0.4 is 5.73 Å². The number of carbonyl (C=O) groups excluding carboxylic acids is 1. The van der Waals surface area contributed by atoms with Gasteiger partial charge in [0.15, 0.2) is 0 Å². The maximum absolute atomic E-state index is 11.4. The fraction of sp³-hybridized carbons (Fsp3) is 0.889. The number of nitrogens with two attached hydrogens (primary N) is 1. The number of carbonyl (C=O) groups is 1. The van der Waals surface area contributed by atoms with Gasteiger partial charge < -0.3 is 15.2 Å². The minimum atomic E-state index is -0.548. The van der Waals surface area contributed by atoms with Gasteiger partial charge in [0.25, 0.3) is 0 Å². The third-order valence-corrected chi connectivity index (χ3v) is 2.24. The van der Waals surface area contributed by atoms with Crippen molar-refractivity contribution < 1.29 is 14.3 Å². The van der Waals surface area contributed by atoms with E-state index in [1.54, 1.807) is 7.11 Å². The smallest absolute Gasteiger partial charge is 0.313 e. The molecule has 0 heterocycles. The Morgan fingerprint density at radius 1 is 1.46 bits per heavy atom. The second-order valence-corrected chi connectivity index (χ2v) is 3.25. The third-order valence-electron chi connectivity index (χ3n) is 2.24. The highest BCUT2D eigenvalue weighted by molar-refractivity contribution is 5.76. The van der Waals surface area contributed by atoms with Gasteiger partial charge >= 0.3 is 5.97 Å². The van der Waals surface area contributed by atoms with Crippen LogP contribution in [-0.2, 0) is 14.3 Å². The van der Waals surface area contributed by atoms with Gasteiger partial charge in [-0.2, -0.15) is 0 Å². The van der Waals surface area contributed by atoms with E-state index >= 15 is 0 Å². The predicted molar refractivity (Wildman–Crippen MR) is 50.3 cm³/mol. The second kappa shape index (κ2) is 5.94. The van der Waals surface area contributed by atoms with Crippen LogP contribution in [-0.4, -0.2) is 32.8 Å². The highest BCUT2D eigenvalue weighted by Crippen LogP contribution is 2.20. The van der Waals surface area contributed by atoms with Crippen molar-refractivity contribution in [1.29, 1.82) is 0 Å². The molecule has 0 aromatic rings. The van der Waals surface area contributed by atoms with Gasteiger partial charge in [-0.15, -0.1) is 0 Å². The van der Waals surface area contributed by atoms with E-state index in [2.05, 4.69) is 0 Å². The highest BCUT2D eigenvalue weighted by atomic mass is 16.6. The summed E-state index contributed by atoms with van der Waals surface area (Å²) in [6, 6.07) is 0. The molecule has 1 atom stereocenters. The fourth-order valence-electron chi connectivity index (χ4n) is 0.764. The Balaban J connectivity index is 3.92. The van der Waals surface area contributed by atoms with Crippen LogP contribution in [0.3, 0.4) is 0 Å². The summed E-state index contributed by atoms with van der Waals surface area (Å²) in [7, 11) is 1.57. The van der Waals surface area contributed by atoms with E-state index in [1.807, 2.05) is 13.8 Å². The summed E-state index contributed by atoms with van der Waals surface area (Å²) in [4.78, 5) is 11.4. The zero-order chi connectivity index (χ0) is 10.3. The summed E-state index contributed by atoms with van der Waals surface area (Å²) in [5.74, 6) is -0.241. The van der Waals surface area contributed by atoms with Crippen molar-refractivity contribution in [3.63, 3.8) is 0 Å². The maximum Gasteiger partial charge on any atom is 0.313 e. The number of ether oxygens (including phenoxy) is 2. The molecule has 0 aliphatic carbocycles. The molecule has 0 saturated heterocycles. The number of hydrogen-bond donors (Lipinski definition) is 1. The first-order chi connectivity index (χ1) is 6.10. The summed E-state index contributed by atoms with van der Waals surface area (Å²) < 4.78 is 9.75. The van der Waals surface area contributed by atoms with Crippen LogP contribution in [0.2, 0.25) is 0 Å². The van der Waals surface area contributed by atoms with E-state index < -0.39 is 5.41 Å². The first kappa shape index (κ1) is 12.4. The summed E-state index contributed by atoms with van der Waals surface area (Å²) in [6.45, 7) is 4.77. The molecule has 0 bridgehead atoms. The predicted octanol–water partition coefficient (Wildman–Crippen LogP) is 0.551. The molecule has 0 amide bonds. The van der Waals surface area contributed by atoms with E-state index in [-0.39, 0.29) is 5.97 Å². The second-order valence-electron chi connectivity index (χ2n) is 3.25. The number of esters is 1. The van der Waals surface area contributed by atoms with Crippen LogP contribution >= 0.6 is 0 Å². The minimum Gasteiger partial charge on any atom is -0.463 e. The Morgan fingerprint density at radius 2 is 2.08 bits per heavy atom. The lowest BCUT2D eigenvalue weighted by Gasteiger charge is -2.23. The summed E-state index contributed by atoms with van der Waals surface area (Å²) in [6.07, 6.45) is 0.690. The first-order valence-electron chi connectivity index (χ1n) is 4.47. The Hall–Kier alpha value is -0.610. The van der Waals surface area contributed by atoms with Crippen molar-refractivity contribution in [2.24, 2.45) is 11.1 Å². The van der Waals surface area contributed by atoms with Crippen molar-refractivity contribution in [3.05, 3.63) is 0 Å². The summed E-state index contributed by atoms with van der Waals surface area (Å²) in [5.41, 5.74) is 4.94. The molecule has 0 aliphatic heterocycles. The molecule has 78 valence electrons. The van der Waals surface area contributed by atoms with Gasteiger partial charge in [-0.3, -0.25) is 4.79 Å². The SMILES string of the molecule is CCC(C)(CN)C(=O)OCCOC. The van der Waals surface area contributed by atoms with E-state index in [9.17, 15) is 4.79 Å². The molecule has 0 rings (SSSR count). The Kier molecular flexibility index (Phi) is 5.66. The van der Waals surface area contributed by atoms with Gasteiger partial charge in [-0.25, -0.2) is 0 Å². The summed E-state index contributed by atoms with van der Waals surface area (Å²) >= 11 is 0. The number of methoxy groups -OCH3 is 1. The van der Waals surface area contributed by atoms with E-state index in [4.69, 9.17) is 15.2 Å². The van der Waals surface area contributed by atoms with Crippen LogP contribution in [0.1, 0.15) is 20.3 Å². The molecule has 2 N–H and O–H groups in total. The van der Waals surface area contributed by atoms with Crippen molar-refractivity contribution in [3.8, 4) is 0 Å². The molecule has 0 spiro atoms. The van der Waals surface area contributed by atoms with Crippen molar-refractivity contribution in [1.82, 2.24) is 0 Å². The van der Waals surface area contributed by atoms with Crippen LogP contribution in [0.5, 0.6) is 0 Å². The molecular formula is C9H19NO3. The summed E-state index contributed by atoms with van der Waals surface area (Å²) in [5, 5.41) is 0. The lowest BCUT2D eigenvalue weighted by molar-refractivity contribution is -0.155. The maximum atomic E-state index is 11.4. The van der Waals surface area contributed by atoms with E-state index in [0.717, 1.165) is 0 Å². The standard InChI is InChI=1S/C9H19NO3/c1-4-9(2,7-10)8(11)13-6-5-12-3/h4-7,10H2,1-3H3. The van der Waals surface area contributed by atoms with Crippen LogP contribution in [0.25, 0.3) is 0 Å². The third kappa shape index (κ3) is 3.74. The monoisotopic (exact) mass is 189 g/mol. The van der Waals surface area contributed by atoms with Gasteiger partial charge in [-0.1, -0.05) is 6.92 Å². The van der Waals surface area contributed by atoms with Crippen molar-refractivity contribution in [2.45, 2.75) is 20.3 Å². The molecule has 0 fully saturated rings. The molecule has 0 aliphatic rings. The van der Waals surface area contributed by atoms with Crippen molar-refractivity contribution >= 4 is 5.97 Å². The topological polar surface area (TPSA) is 61.6 Å². The molecule has 0 saturated carbocycles. The molecular weight excluding hydrogens is 170 g/mol. The van der Waals surface area contributed by atoms with Crippen LogP contribution in [0, 0.1) is 5.41 Å². The molecule has 4 nitrogen and oxygen atoms in total. The largest absolute Gasteiger partial charge is 0.463 e. The normalized spacial score (nSPS) is 15.1. The van der Waals surface area contributed by atoms with Gasteiger partial charge in [0.05, 0.1) is 12.0 Å². The zero-order valence-electron chi connectivity index (χ0n) is 8.63. The Labute approximate surface area is 79.4 Å². The molecule has 1 unspecified atom stereocenters. The average molecular weight is 189 g/mol. The Bertz CT molecular complexity index is 155. The van der Waals surface area contributed by atoms with Gasteiger partial charge in [0.1, 0.15) is 6.61 Å². The van der Waals surface area contributed by atoms with E-state index in [0.29, 0.717) is 26.2 Å². The average Bonchev–Trinajstić information content (AvgIpc) is 2.17. The zero-order valence-corrected chi connectivity index (χ0v) is 8.63. The number of hydrogen-bond acceptors (Lipinski definition) is 4.